The highest BCUT2D eigenvalue weighted by atomic mass is 16.3. The molecule has 1 fully saturated rings. The number of phenols is 1. The highest BCUT2D eigenvalue weighted by molar-refractivity contribution is 5.82. The van der Waals surface area contributed by atoms with E-state index in [2.05, 4.69) is 20.9 Å². The highest BCUT2D eigenvalue weighted by Crippen LogP contribution is 2.20. The largest absolute Gasteiger partial charge is 0.508 e. The Kier molecular flexibility index (Phi) is 5.10. The molecule has 1 aliphatic heterocycles. The molecule has 0 unspecified atom stereocenters. The molecule has 7 heteroatoms. The van der Waals surface area contributed by atoms with Crippen molar-refractivity contribution in [1.82, 2.24) is 9.97 Å². The lowest BCUT2D eigenvalue weighted by Crippen LogP contribution is -3.18. The highest BCUT2D eigenvalue weighted by Gasteiger charge is 2.29. The van der Waals surface area contributed by atoms with Crippen molar-refractivity contribution < 1.29 is 15.1 Å². The van der Waals surface area contributed by atoms with Gasteiger partial charge >= 0.3 is 0 Å². The van der Waals surface area contributed by atoms with Gasteiger partial charge in [0.2, 0.25) is 0 Å². The van der Waals surface area contributed by atoms with Crippen molar-refractivity contribution in [2.75, 3.05) is 31.1 Å². The summed E-state index contributed by atoms with van der Waals surface area (Å²) in [6.07, 6.45) is 0. The molecule has 0 aliphatic carbocycles. The molecular weight excluding hydrogens is 366 g/mol. The number of H-pyrrole nitrogens is 1. The summed E-state index contributed by atoms with van der Waals surface area (Å²) in [6, 6.07) is 16.7. The van der Waals surface area contributed by atoms with Crippen LogP contribution in [0, 0.1) is 11.3 Å². The van der Waals surface area contributed by atoms with Crippen LogP contribution >= 0.6 is 0 Å². The summed E-state index contributed by atoms with van der Waals surface area (Å²) in [5, 5.41) is 30.0. The van der Waals surface area contributed by atoms with Crippen LogP contribution in [0.15, 0.2) is 54.3 Å². The number of para-hydroxylation sites is 2. The molecule has 0 spiro atoms. The zero-order valence-corrected chi connectivity index (χ0v) is 16.3. The summed E-state index contributed by atoms with van der Waals surface area (Å²) in [7, 11) is 0. The van der Waals surface area contributed by atoms with Crippen molar-refractivity contribution in [3.63, 3.8) is 0 Å². The Hall–Kier alpha value is -3.50. The van der Waals surface area contributed by atoms with Gasteiger partial charge in [-0.3, -0.25) is 0 Å². The van der Waals surface area contributed by atoms with E-state index in [1.807, 2.05) is 43.3 Å². The van der Waals surface area contributed by atoms with E-state index >= 15 is 0 Å². The van der Waals surface area contributed by atoms with Gasteiger partial charge in [0.15, 0.2) is 11.6 Å². The summed E-state index contributed by atoms with van der Waals surface area (Å²) in [4.78, 5) is 11.1. The van der Waals surface area contributed by atoms with Gasteiger partial charge < -0.3 is 25.0 Å². The number of nitrogens with one attached hydrogen (secondary N) is 2. The molecule has 0 bridgehead atoms. The van der Waals surface area contributed by atoms with Gasteiger partial charge in [0, 0.05) is 5.69 Å². The molecule has 1 saturated heterocycles. The minimum absolute atomic E-state index is 0.0691. The van der Waals surface area contributed by atoms with Crippen molar-refractivity contribution >= 4 is 22.3 Å². The predicted molar refractivity (Wildman–Crippen MR) is 112 cm³/mol. The molecule has 4 rings (SSSR count). The number of fused-ring (bicyclic) bond motifs is 1. The Bertz CT molecular complexity index is 1040. The minimum Gasteiger partial charge on any atom is -0.508 e. The number of phenolic OH excluding ortho intramolecular Hbond substituents is 1. The average Bonchev–Trinajstić information content (AvgIpc) is 3.18. The zero-order valence-electron chi connectivity index (χ0n) is 16.3. The number of allylic oxidation sites excluding steroid dienone is 1. The van der Waals surface area contributed by atoms with Crippen molar-refractivity contribution in [3.8, 4) is 11.8 Å². The number of anilines is 1. The number of piperazine rings is 1. The predicted octanol–water partition coefficient (Wildman–Crippen LogP) is 1.85. The third-order valence-electron chi connectivity index (χ3n) is 5.64. The number of nitrogens with zero attached hydrogens (tertiary/aromatic N) is 3. The van der Waals surface area contributed by atoms with E-state index < -0.39 is 0 Å². The number of aliphatic hydroxyl groups is 1. The molecule has 0 radical (unpaired) electrons. The van der Waals surface area contributed by atoms with Gasteiger partial charge in [-0.1, -0.05) is 12.1 Å². The Balaban J connectivity index is 1.50. The molecule has 2 aromatic carbocycles. The van der Waals surface area contributed by atoms with Crippen LogP contribution in [0.1, 0.15) is 12.7 Å². The zero-order chi connectivity index (χ0) is 20.4. The van der Waals surface area contributed by atoms with Crippen molar-refractivity contribution in [2.24, 2.45) is 0 Å². The number of hydrogen-bond acceptors (Lipinski definition) is 5. The summed E-state index contributed by atoms with van der Waals surface area (Å²) in [5.74, 6) is 0.733. The van der Waals surface area contributed by atoms with Gasteiger partial charge in [-0.15, -0.1) is 0 Å². The summed E-state index contributed by atoms with van der Waals surface area (Å²) < 4.78 is 0. The van der Waals surface area contributed by atoms with Crippen LogP contribution in [-0.2, 0) is 0 Å². The first-order valence-corrected chi connectivity index (χ1v) is 9.73. The van der Waals surface area contributed by atoms with E-state index in [-0.39, 0.29) is 23.1 Å². The Labute approximate surface area is 169 Å². The molecule has 0 amide bonds. The summed E-state index contributed by atoms with van der Waals surface area (Å²) in [6.45, 7) is 5.30. The fraction of sp³-hybridized carbons (Fsp3) is 0.273. The number of nitriles is 1. The first kappa shape index (κ1) is 18.8. The number of quaternary nitrogens is 1. The first-order valence-electron chi connectivity index (χ1n) is 9.73. The molecular formula is C22H24N5O2+. The number of benzene rings is 2. The number of rotatable bonds is 4. The lowest BCUT2D eigenvalue weighted by molar-refractivity contribution is -0.919. The smallest absolute Gasteiger partial charge is 0.172 e. The fourth-order valence-corrected chi connectivity index (χ4v) is 3.86. The maximum atomic E-state index is 10.9. The van der Waals surface area contributed by atoms with E-state index in [1.54, 1.807) is 12.1 Å². The number of aromatic hydroxyl groups is 1. The second kappa shape index (κ2) is 7.86. The van der Waals surface area contributed by atoms with E-state index in [9.17, 15) is 15.5 Å². The maximum Gasteiger partial charge on any atom is 0.172 e. The molecule has 29 heavy (non-hydrogen) atoms. The molecule has 7 nitrogen and oxygen atoms in total. The van der Waals surface area contributed by atoms with Gasteiger partial charge in [0.25, 0.3) is 0 Å². The molecule has 2 heterocycles. The van der Waals surface area contributed by atoms with E-state index in [1.165, 1.54) is 4.90 Å². The Morgan fingerprint density at radius 1 is 1.17 bits per heavy atom. The molecule has 4 N–H and O–H groups in total. The standard InChI is InChI=1S/C22H23N5O2/c1-15(26-10-12-27(13-11-26)16-6-8-17(28)9-7-16)21(29)18(14-23)22-24-19-4-2-3-5-20(19)25-22/h2-9,15,28-29H,10-13H2,1H3,(H,24,25)/p+1/b21-18-/t15-/m0/s1. The van der Waals surface area contributed by atoms with E-state index in [0.29, 0.717) is 5.82 Å². The molecule has 3 aromatic rings. The van der Waals surface area contributed by atoms with Gasteiger partial charge in [0.1, 0.15) is 23.4 Å². The van der Waals surface area contributed by atoms with Crippen molar-refractivity contribution in [1.29, 1.82) is 5.26 Å². The third-order valence-corrected chi connectivity index (χ3v) is 5.64. The van der Waals surface area contributed by atoms with Crippen LogP contribution in [0.3, 0.4) is 0 Å². The van der Waals surface area contributed by atoms with Crippen LogP contribution < -0.4 is 9.80 Å². The topological polar surface area (TPSA) is 101 Å². The van der Waals surface area contributed by atoms with Crippen molar-refractivity contribution in [2.45, 2.75) is 13.0 Å². The monoisotopic (exact) mass is 390 g/mol. The molecule has 0 saturated carbocycles. The maximum absolute atomic E-state index is 10.9. The first-order chi connectivity index (χ1) is 14.1. The Morgan fingerprint density at radius 2 is 1.86 bits per heavy atom. The fourth-order valence-electron chi connectivity index (χ4n) is 3.86. The SMILES string of the molecule is C[C@@H](/C(O)=C(\C#N)c1nc2ccccc2[nH]1)[NH+]1CCN(c2ccc(O)cc2)CC1. The number of aliphatic hydroxyl groups excluding tert-OH is 1. The van der Waals surface area contributed by atoms with Crippen LogP contribution in [-0.4, -0.2) is 52.4 Å². The second-order valence-electron chi connectivity index (χ2n) is 7.36. The summed E-state index contributed by atoms with van der Waals surface area (Å²) in [5.41, 5.74) is 2.88. The van der Waals surface area contributed by atoms with Gasteiger partial charge in [-0.2, -0.15) is 5.26 Å². The van der Waals surface area contributed by atoms with Crippen LogP contribution in [0.5, 0.6) is 5.75 Å². The minimum atomic E-state index is -0.208. The van der Waals surface area contributed by atoms with Gasteiger partial charge in [-0.25, -0.2) is 4.98 Å². The average molecular weight is 390 g/mol. The molecule has 1 atom stereocenters. The lowest BCUT2D eigenvalue weighted by atomic mass is 10.1. The Morgan fingerprint density at radius 3 is 2.52 bits per heavy atom. The van der Waals surface area contributed by atoms with Crippen LogP contribution in [0.4, 0.5) is 5.69 Å². The quantitative estimate of drug-likeness (QED) is 0.402. The lowest BCUT2D eigenvalue weighted by Gasteiger charge is -2.36. The second-order valence-corrected chi connectivity index (χ2v) is 7.36. The normalized spacial score (nSPS) is 17.0. The van der Waals surface area contributed by atoms with E-state index in [4.69, 9.17) is 0 Å². The number of aromatic nitrogens is 2. The van der Waals surface area contributed by atoms with Crippen LogP contribution in [0.25, 0.3) is 16.6 Å². The number of hydrogen-bond donors (Lipinski definition) is 4. The molecule has 1 aliphatic rings. The molecule has 148 valence electrons. The number of imidazole rings is 1. The van der Waals surface area contributed by atoms with E-state index in [0.717, 1.165) is 42.9 Å². The third kappa shape index (κ3) is 3.75. The van der Waals surface area contributed by atoms with Gasteiger partial charge in [0.05, 0.1) is 37.2 Å². The van der Waals surface area contributed by atoms with Crippen LogP contribution in [0.2, 0.25) is 0 Å². The van der Waals surface area contributed by atoms with Crippen molar-refractivity contribution in [3.05, 3.63) is 60.1 Å². The molecule has 1 aromatic heterocycles. The number of aromatic amines is 1. The van der Waals surface area contributed by atoms with Gasteiger partial charge in [-0.05, 0) is 43.3 Å². The summed E-state index contributed by atoms with van der Waals surface area (Å²) >= 11 is 0.